The molecule has 6 heteroatoms. The van der Waals surface area contributed by atoms with Crippen molar-refractivity contribution in [1.29, 1.82) is 0 Å². The monoisotopic (exact) mass is 496 g/mol. The van der Waals surface area contributed by atoms with Crippen molar-refractivity contribution in [3.8, 4) is 0 Å². The molecule has 0 aliphatic heterocycles. The molecule has 3 fully saturated rings. The van der Waals surface area contributed by atoms with Crippen molar-refractivity contribution in [2.75, 3.05) is 0 Å². The second-order valence-corrected chi connectivity index (χ2v) is 11.5. The van der Waals surface area contributed by atoms with Gasteiger partial charge in [-0.3, -0.25) is 9.78 Å². The van der Waals surface area contributed by atoms with Crippen LogP contribution in [0.25, 0.3) is 21.9 Å². The van der Waals surface area contributed by atoms with E-state index in [4.69, 9.17) is 4.98 Å². The minimum absolute atomic E-state index is 0.0109. The molecule has 190 valence electrons. The number of aromatic amines is 1. The van der Waals surface area contributed by atoms with E-state index in [1.807, 2.05) is 24.4 Å². The zero-order valence-electron chi connectivity index (χ0n) is 21.1. The summed E-state index contributed by atoms with van der Waals surface area (Å²) in [5.41, 5.74) is 4.71. The van der Waals surface area contributed by atoms with E-state index in [1.54, 1.807) is 12.1 Å². The number of halogens is 1. The lowest BCUT2D eigenvalue weighted by Crippen LogP contribution is -2.39. The van der Waals surface area contributed by atoms with Crippen LogP contribution < -0.4 is 5.32 Å². The van der Waals surface area contributed by atoms with Gasteiger partial charge in [-0.15, -0.1) is 0 Å². The maximum absolute atomic E-state index is 14.0. The molecule has 4 aromatic rings. The number of pyridine rings is 1. The summed E-state index contributed by atoms with van der Waals surface area (Å²) in [6, 6.07) is 13.2. The Hall–Kier alpha value is -3.28. The number of benzene rings is 2. The van der Waals surface area contributed by atoms with Crippen LogP contribution >= 0.6 is 0 Å². The third kappa shape index (κ3) is 4.41. The van der Waals surface area contributed by atoms with E-state index in [-0.39, 0.29) is 11.7 Å². The van der Waals surface area contributed by atoms with Gasteiger partial charge >= 0.3 is 0 Å². The van der Waals surface area contributed by atoms with Crippen LogP contribution in [0.4, 0.5) is 4.39 Å². The van der Waals surface area contributed by atoms with E-state index in [1.165, 1.54) is 30.9 Å². The molecule has 7 rings (SSSR count). The molecule has 37 heavy (non-hydrogen) atoms. The van der Waals surface area contributed by atoms with E-state index in [0.717, 1.165) is 66.3 Å². The smallest absolute Gasteiger partial charge is 0.251 e. The lowest BCUT2D eigenvalue weighted by Gasteiger charge is -2.34. The van der Waals surface area contributed by atoms with Gasteiger partial charge in [0.2, 0.25) is 0 Å². The molecule has 5 nitrogen and oxygen atoms in total. The topological polar surface area (TPSA) is 70.7 Å². The molecule has 0 radical (unpaired) electrons. The molecule has 2 aromatic carbocycles. The standard InChI is InChI=1S/C31H33FN4O/c32-22-11-13-26-25(17-22)24(14-15-33-26)18-4-6-19(7-5-18)29(20-8-9-20)30-35-27-12-10-21(16-28(27)36-30)31(37)34-23-2-1-3-23/h10-20,23,29H,1-9H2,(H,34,37)(H,35,36). The summed E-state index contributed by atoms with van der Waals surface area (Å²) in [5.74, 6) is 3.07. The molecule has 0 bridgehead atoms. The number of carbonyl (C=O) groups is 1. The first-order chi connectivity index (χ1) is 18.1. The second kappa shape index (κ2) is 9.23. The zero-order valence-corrected chi connectivity index (χ0v) is 21.1. The van der Waals surface area contributed by atoms with Gasteiger partial charge < -0.3 is 10.3 Å². The summed E-state index contributed by atoms with van der Waals surface area (Å²) in [5, 5.41) is 4.09. The average molecular weight is 497 g/mol. The SMILES string of the molecule is O=C(NC1CCC1)c1ccc2[nH]c(C(C3CCC(c4ccnc5ccc(F)cc45)CC3)C3CC3)nc2c1. The lowest BCUT2D eigenvalue weighted by atomic mass is 9.72. The summed E-state index contributed by atoms with van der Waals surface area (Å²) in [6.45, 7) is 0. The number of nitrogens with one attached hydrogen (secondary N) is 2. The van der Waals surface area contributed by atoms with Gasteiger partial charge in [-0.1, -0.05) is 0 Å². The number of amides is 1. The minimum atomic E-state index is -0.196. The van der Waals surface area contributed by atoms with E-state index < -0.39 is 0 Å². The Labute approximate surface area is 216 Å². The molecule has 3 saturated carbocycles. The van der Waals surface area contributed by atoms with Crippen LogP contribution in [0.5, 0.6) is 0 Å². The Morgan fingerprint density at radius 3 is 2.43 bits per heavy atom. The van der Waals surface area contributed by atoms with Gasteiger partial charge in [0.05, 0.1) is 16.6 Å². The third-order valence-electron chi connectivity index (χ3n) is 9.11. The fraction of sp³-hybridized carbons (Fsp3) is 0.452. The van der Waals surface area contributed by atoms with Crippen molar-refractivity contribution in [1.82, 2.24) is 20.3 Å². The van der Waals surface area contributed by atoms with E-state index in [9.17, 15) is 9.18 Å². The van der Waals surface area contributed by atoms with E-state index in [0.29, 0.717) is 35.3 Å². The fourth-order valence-electron chi connectivity index (χ4n) is 6.72. The minimum Gasteiger partial charge on any atom is -0.349 e. The molecular weight excluding hydrogens is 463 g/mol. The first-order valence-electron chi connectivity index (χ1n) is 14.0. The van der Waals surface area contributed by atoms with Gasteiger partial charge in [-0.25, -0.2) is 9.37 Å². The number of fused-ring (bicyclic) bond motifs is 2. The van der Waals surface area contributed by atoms with Gasteiger partial charge in [0.1, 0.15) is 11.6 Å². The molecule has 2 N–H and O–H groups in total. The van der Waals surface area contributed by atoms with Crippen LogP contribution in [0.1, 0.15) is 91.4 Å². The summed E-state index contributed by atoms with van der Waals surface area (Å²) in [6.07, 6.45) is 12.3. The highest BCUT2D eigenvalue weighted by Gasteiger charge is 2.41. The molecular formula is C31H33FN4O. The van der Waals surface area contributed by atoms with Gasteiger partial charge in [-0.2, -0.15) is 0 Å². The van der Waals surface area contributed by atoms with Gasteiger partial charge in [0.15, 0.2) is 0 Å². The van der Waals surface area contributed by atoms with Crippen molar-refractivity contribution in [2.24, 2.45) is 11.8 Å². The van der Waals surface area contributed by atoms with Crippen LogP contribution in [-0.2, 0) is 0 Å². The summed E-state index contributed by atoms with van der Waals surface area (Å²) >= 11 is 0. The van der Waals surface area contributed by atoms with E-state index in [2.05, 4.69) is 21.4 Å². The predicted octanol–water partition coefficient (Wildman–Crippen LogP) is 7.00. The Morgan fingerprint density at radius 2 is 1.70 bits per heavy atom. The Kier molecular flexibility index (Phi) is 5.71. The Bertz CT molecular complexity index is 1460. The number of aromatic nitrogens is 3. The van der Waals surface area contributed by atoms with Crippen LogP contribution in [0.3, 0.4) is 0 Å². The third-order valence-corrected chi connectivity index (χ3v) is 9.11. The van der Waals surface area contributed by atoms with Gasteiger partial charge in [0.25, 0.3) is 5.91 Å². The van der Waals surface area contributed by atoms with Gasteiger partial charge in [0, 0.05) is 29.1 Å². The van der Waals surface area contributed by atoms with Crippen molar-refractivity contribution >= 4 is 27.8 Å². The Morgan fingerprint density at radius 1 is 0.919 bits per heavy atom. The molecule has 1 atom stereocenters. The highest BCUT2D eigenvalue weighted by Crippen LogP contribution is 2.52. The summed E-state index contributed by atoms with van der Waals surface area (Å²) in [4.78, 5) is 25.8. The molecule has 1 unspecified atom stereocenters. The van der Waals surface area contributed by atoms with Crippen LogP contribution in [0.15, 0.2) is 48.7 Å². The first-order valence-corrected chi connectivity index (χ1v) is 14.0. The number of hydrogen-bond donors (Lipinski definition) is 2. The van der Waals surface area contributed by atoms with Crippen LogP contribution in [0.2, 0.25) is 0 Å². The van der Waals surface area contributed by atoms with Crippen molar-refractivity contribution in [3.05, 3.63) is 71.4 Å². The first kappa shape index (κ1) is 22.9. The van der Waals surface area contributed by atoms with Crippen molar-refractivity contribution in [2.45, 2.75) is 75.7 Å². The lowest BCUT2D eigenvalue weighted by molar-refractivity contribution is 0.0917. The largest absolute Gasteiger partial charge is 0.349 e. The number of H-pyrrole nitrogens is 1. The molecule has 2 heterocycles. The average Bonchev–Trinajstić information content (AvgIpc) is 3.63. The number of imidazole rings is 1. The second-order valence-electron chi connectivity index (χ2n) is 11.5. The van der Waals surface area contributed by atoms with Crippen LogP contribution in [0, 0.1) is 17.7 Å². The zero-order chi connectivity index (χ0) is 24.9. The van der Waals surface area contributed by atoms with Crippen LogP contribution in [-0.4, -0.2) is 26.9 Å². The number of nitrogens with zero attached hydrogens (tertiary/aromatic N) is 2. The van der Waals surface area contributed by atoms with Gasteiger partial charge in [-0.05, 0) is 124 Å². The van der Waals surface area contributed by atoms with Crippen molar-refractivity contribution in [3.63, 3.8) is 0 Å². The molecule has 0 spiro atoms. The molecule has 0 saturated heterocycles. The highest BCUT2D eigenvalue weighted by atomic mass is 19.1. The molecule has 1 amide bonds. The Balaban J connectivity index is 1.10. The number of hydrogen-bond acceptors (Lipinski definition) is 3. The van der Waals surface area contributed by atoms with Crippen molar-refractivity contribution < 1.29 is 9.18 Å². The molecule has 3 aliphatic rings. The molecule has 3 aliphatic carbocycles. The van der Waals surface area contributed by atoms with E-state index >= 15 is 0 Å². The maximum atomic E-state index is 14.0. The summed E-state index contributed by atoms with van der Waals surface area (Å²) in [7, 11) is 0. The highest BCUT2D eigenvalue weighted by molar-refractivity contribution is 5.97. The normalized spacial score (nSPS) is 23.2. The number of carbonyl (C=O) groups excluding carboxylic acids is 1. The molecule has 2 aromatic heterocycles. The maximum Gasteiger partial charge on any atom is 0.251 e. The fourth-order valence-corrected chi connectivity index (χ4v) is 6.72. The predicted molar refractivity (Wildman–Crippen MR) is 143 cm³/mol. The summed E-state index contributed by atoms with van der Waals surface area (Å²) < 4.78 is 14.0. The quantitative estimate of drug-likeness (QED) is 0.302. The number of rotatable bonds is 6.